The molecule has 76 valence electrons. The zero-order valence-electron chi connectivity index (χ0n) is 8.78. The van der Waals surface area contributed by atoms with E-state index in [2.05, 4.69) is 19.1 Å². The average molecular weight is 209 g/mol. The number of benzene rings is 1. The molecule has 0 aliphatic heterocycles. The summed E-state index contributed by atoms with van der Waals surface area (Å²) in [5.41, 5.74) is 1.24. The molecule has 0 aliphatic carbocycles. The molecule has 1 rings (SSSR count). The van der Waals surface area contributed by atoms with Crippen LogP contribution in [0.2, 0.25) is 0 Å². The van der Waals surface area contributed by atoms with Gasteiger partial charge in [-0.15, -0.1) is 11.8 Å². The zero-order valence-corrected chi connectivity index (χ0v) is 9.60. The van der Waals surface area contributed by atoms with Gasteiger partial charge in [-0.05, 0) is 19.1 Å². The van der Waals surface area contributed by atoms with Crippen LogP contribution in [0.3, 0.4) is 0 Å². The quantitative estimate of drug-likeness (QED) is 0.711. The standard InChI is InChI=1S/C11H15NOS/c1-9-4-6-10(7-5-9)14-8-11(13)12(2)3/h4-7H,8H2,1-3H3. The Bertz CT molecular complexity index is 306. The Morgan fingerprint density at radius 2 is 1.86 bits per heavy atom. The summed E-state index contributed by atoms with van der Waals surface area (Å²) in [7, 11) is 3.55. The van der Waals surface area contributed by atoms with Gasteiger partial charge in [-0.2, -0.15) is 0 Å². The summed E-state index contributed by atoms with van der Waals surface area (Å²) in [6.07, 6.45) is 0. The lowest BCUT2D eigenvalue weighted by Gasteiger charge is -2.09. The minimum absolute atomic E-state index is 0.149. The van der Waals surface area contributed by atoms with Crippen LogP contribution in [0.5, 0.6) is 0 Å². The summed E-state index contributed by atoms with van der Waals surface area (Å²) in [6, 6.07) is 8.21. The van der Waals surface area contributed by atoms with Crippen molar-refractivity contribution in [2.75, 3.05) is 19.8 Å². The third-order valence-electron chi connectivity index (χ3n) is 1.88. The highest BCUT2D eigenvalue weighted by molar-refractivity contribution is 8.00. The van der Waals surface area contributed by atoms with Crippen molar-refractivity contribution in [1.29, 1.82) is 0 Å². The first-order chi connectivity index (χ1) is 6.59. The third-order valence-corrected chi connectivity index (χ3v) is 2.88. The van der Waals surface area contributed by atoms with E-state index in [1.54, 1.807) is 30.8 Å². The van der Waals surface area contributed by atoms with Gasteiger partial charge in [0.15, 0.2) is 0 Å². The fourth-order valence-corrected chi connectivity index (χ4v) is 1.79. The molecule has 0 unspecified atom stereocenters. The smallest absolute Gasteiger partial charge is 0.232 e. The number of hydrogen-bond acceptors (Lipinski definition) is 2. The predicted molar refractivity (Wildman–Crippen MR) is 60.6 cm³/mol. The van der Waals surface area contributed by atoms with Gasteiger partial charge in [-0.25, -0.2) is 0 Å². The van der Waals surface area contributed by atoms with Crippen LogP contribution < -0.4 is 0 Å². The molecule has 0 radical (unpaired) electrons. The van der Waals surface area contributed by atoms with E-state index in [1.165, 1.54) is 5.56 Å². The van der Waals surface area contributed by atoms with Crippen LogP contribution in [0.4, 0.5) is 0 Å². The van der Waals surface area contributed by atoms with Crippen LogP contribution in [-0.2, 0) is 4.79 Å². The fraction of sp³-hybridized carbons (Fsp3) is 0.364. The lowest BCUT2D eigenvalue weighted by molar-refractivity contribution is -0.125. The molecule has 0 bridgehead atoms. The molecule has 1 amide bonds. The second-order valence-electron chi connectivity index (χ2n) is 3.39. The van der Waals surface area contributed by atoms with Crippen LogP contribution in [0.25, 0.3) is 0 Å². The molecule has 0 atom stereocenters. The molecule has 1 aromatic carbocycles. The maximum Gasteiger partial charge on any atom is 0.232 e. The van der Waals surface area contributed by atoms with Gasteiger partial charge in [0.1, 0.15) is 0 Å². The number of aryl methyl sites for hydroxylation is 1. The molecule has 0 fully saturated rings. The molecule has 0 aromatic heterocycles. The Hall–Kier alpha value is -0.960. The molecule has 0 saturated heterocycles. The minimum Gasteiger partial charge on any atom is -0.348 e. The lowest BCUT2D eigenvalue weighted by atomic mass is 10.2. The summed E-state index contributed by atoms with van der Waals surface area (Å²) in [5.74, 6) is 0.659. The normalized spacial score (nSPS) is 9.93. The summed E-state index contributed by atoms with van der Waals surface area (Å²) < 4.78 is 0. The molecule has 0 N–H and O–H groups in total. The monoisotopic (exact) mass is 209 g/mol. The van der Waals surface area contributed by atoms with Crippen molar-refractivity contribution in [2.45, 2.75) is 11.8 Å². The van der Waals surface area contributed by atoms with Crippen LogP contribution in [0.15, 0.2) is 29.2 Å². The van der Waals surface area contributed by atoms with E-state index in [0.29, 0.717) is 5.75 Å². The molecule has 3 heteroatoms. The van der Waals surface area contributed by atoms with E-state index in [4.69, 9.17) is 0 Å². The molecule has 2 nitrogen and oxygen atoms in total. The van der Waals surface area contributed by atoms with Gasteiger partial charge in [-0.1, -0.05) is 17.7 Å². The van der Waals surface area contributed by atoms with E-state index in [-0.39, 0.29) is 5.91 Å². The van der Waals surface area contributed by atoms with Crippen molar-refractivity contribution < 1.29 is 4.79 Å². The molecule has 0 heterocycles. The second kappa shape index (κ2) is 5.05. The third kappa shape index (κ3) is 3.42. The number of thioether (sulfide) groups is 1. The van der Waals surface area contributed by atoms with Crippen LogP contribution in [-0.4, -0.2) is 30.7 Å². The molecular formula is C11H15NOS. The number of amides is 1. The average Bonchev–Trinajstić information content (AvgIpc) is 2.16. The number of hydrogen-bond donors (Lipinski definition) is 0. The number of rotatable bonds is 3. The van der Waals surface area contributed by atoms with E-state index in [0.717, 1.165) is 4.90 Å². The van der Waals surface area contributed by atoms with Crippen molar-refractivity contribution in [3.8, 4) is 0 Å². The van der Waals surface area contributed by atoms with Gasteiger partial charge >= 0.3 is 0 Å². The largest absolute Gasteiger partial charge is 0.348 e. The van der Waals surface area contributed by atoms with E-state index >= 15 is 0 Å². The second-order valence-corrected chi connectivity index (χ2v) is 4.44. The first-order valence-electron chi connectivity index (χ1n) is 4.49. The summed E-state index contributed by atoms with van der Waals surface area (Å²) in [4.78, 5) is 14.0. The molecule has 0 aliphatic rings. The van der Waals surface area contributed by atoms with Gasteiger partial charge in [-0.3, -0.25) is 4.79 Å². The van der Waals surface area contributed by atoms with Gasteiger partial charge < -0.3 is 4.90 Å². The van der Waals surface area contributed by atoms with Gasteiger partial charge in [0.25, 0.3) is 0 Å². The lowest BCUT2D eigenvalue weighted by Crippen LogP contribution is -2.23. The zero-order chi connectivity index (χ0) is 10.6. The van der Waals surface area contributed by atoms with Crippen LogP contribution in [0.1, 0.15) is 5.56 Å². The highest BCUT2D eigenvalue weighted by Crippen LogP contribution is 2.18. The van der Waals surface area contributed by atoms with Crippen molar-refractivity contribution >= 4 is 17.7 Å². The maximum atomic E-state index is 11.3. The Kier molecular flexibility index (Phi) is 4.01. The summed E-state index contributed by atoms with van der Waals surface area (Å²) >= 11 is 1.57. The van der Waals surface area contributed by atoms with Gasteiger partial charge in [0.05, 0.1) is 5.75 Å². The van der Waals surface area contributed by atoms with E-state index < -0.39 is 0 Å². The van der Waals surface area contributed by atoms with Gasteiger partial charge in [0, 0.05) is 19.0 Å². The topological polar surface area (TPSA) is 20.3 Å². The number of carbonyl (C=O) groups is 1. The van der Waals surface area contributed by atoms with E-state index in [9.17, 15) is 4.79 Å². The summed E-state index contributed by atoms with van der Waals surface area (Å²) in [5, 5.41) is 0. The summed E-state index contributed by atoms with van der Waals surface area (Å²) in [6.45, 7) is 2.05. The van der Waals surface area contributed by atoms with Crippen molar-refractivity contribution in [3.05, 3.63) is 29.8 Å². The molecule has 14 heavy (non-hydrogen) atoms. The van der Waals surface area contributed by atoms with Crippen LogP contribution in [0, 0.1) is 6.92 Å². The Morgan fingerprint density at radius 3 is 2.36 bits per heavy atom. The molecular weight excluding hydrogens is 194 g/mol. The Labute approximate surface area is 89.3 Å². The SMILES string of the molecule is Cc1ccc(SCC(=O)N(C)C)cc1. The molecule has 0 spiro atoms. The highest BCUT2D eigenvalue weighted by atomic mass is 32.2. The van der Waals surface area contributed by atoms with Crippen LogP contribution >= 0.6 is 11.8 Å². The molecule has 1 aromatic rings. The number of carbonyl (C=O) groups excluding carboxylic acids is 1. The van der Waals surface area contributed by atoms with Crippen molar-refractivity contribution in [3.63, 3.8) is 0 Å². The highest BCUT2D eigenvalue weighted by Gasteiger charge is 2.03. The van der Waals surface area contributed by atoms with Gasteiger partial charge in [0.2, 0.25) is 5.91 Å². The maximum absolute atomic E-state index is 11.3. The fourth-order valence-electron chi connectivity index (χ4n) is 0.909. The predicted octanol–water partition coefficient (Wildman–Crippen LogP) is 2.18. The minimum atomic E-state index is 0.149. The first kappa shape index (κ1) is 11.1. The Balaban J connectivity index is 2.46. The van der Waals surface area contributed by atoms with Crippen molar-refractivity contribution in [2.24, 2.45) is 0 Å². The Morgan fingerprint density at radius 1 is 1.29 bits per heavy atom. The number of nitrogens with zero attached hydrogens (tertiary/aromatic N) is 1. The molecule has 0 saturated carbocycles. The van der Waals surface area contributed by atoms with E-state index in [1.807, 2.05) is 12.1 Å². The van der Waals surface area contributed by atoms with Crippen molar-refractivity contribution in [1.82, 2.24) is 4.90 Å². The first-order valence-corrected chi connectivity index (χ1v) is 5.48.